The highest BCUT2D eigenvalue weighted by Crippen LogP contribution is 2.45. The second kappa shape index (κ2) is 11.4. The maximum Gasteiger partial charge on any atom is 0.355 e. The van der Waals surface area contributed by atoms with Gasteiger partial charge < -0.3 is 19.9 Å². The molecule has 10 heteroatoms. The molecule has 1 atom stereocenters. The van der Waals surface area contributed by atoms with Gasteiger partial charge in [0.25, 0.3) is 0 Å². The highest BCUT2D eigenvalue weighted by molar-refractivity contribution is 7.21. The molecule has 0 bridgehead atoms. The SMILES string of the molecule is CCCCOc1cccc(C2C(C#N)=C(N)Oc3cc(OC(=O)c4sc5cc(Cl)cc(Cl)c5c4Cl)ccc32)c1. The molecule has 1 aliphatic rings. The molecule has 0 saturated heterocycles. The van der Waals surface area contributed by atoms with Crippen LogP contribution >= 0.6 is 46.1 Å². The quantitative estimate of drug-likeness (QED) is 0.130. The van der Waals surface area contributed by atoms with Crippen molar-refractivity contribution in [1.82, 2.24) is 0 Å². The van der Waals surface area contributed by atoms with Crippen LogP contribution in [0.2, 0.25) is 15.1 Å². The molecular formula is C29H21Cl3N2O4S. The van der Waals surface area contributed by atoms with Crippen molar-refractivity contribution in [3.8, 4) is 23.3 Å². The summed E-state index contributed by atoms with van der Waals surface area (Å²) in [5.74, 6) is 0.143. The van der Waals surface area contributed by atoms with Gasteiger partial charge in [-0.15, -0.1) is 11.3 Å². The molecule has 1 aromatic heterocycles. The van der Waals surface area contributed by atoms with Crippen LogP contribution in [0.5, 0.6) is 17.2 Å². The van der Waals surface area contributed by atoms with Crippen molar-refractivity contribution < 1.29 is 19.0 Å². The van der Waals surface area contributed by atoms with Gasteiger partial charge in [0, 0.05) is 26.7 Å². The maximum absolute atomic E-state index is 13.1. The van der Waals surface area contributed by atoms with Gasteiger partial charge in [-0.25, -0.2) is 4.79 Å². The van der Waals surface area contributed by atoms with Gasteiger partial charge in [-0.1, -0.05) is 66.3 Å². The first-order valence-electron chi connectivity index (χ1n) is 12.0. The van der Waals surface area contributed by atoms with Crippen molar-refractivity contribution in [1.29, 1.82) is 5.26 Å². The van der Waals surface area contributed by atoms with Crippen LogP contribution in [0.4, 0.5) is 0 Å². The normalized spacial score (nSPS) is 14.5. The summed E-state index contributed by atoms with van der Waals surface area (Å²) in [5.41, 5.74) is 7.97. The summed E-state index contributed by atoms with van der Waals surface area (Å²) in [5, 5.41) is 11.4. The van der Waals surface area contributed by atoms with Crippen LogP contribution in [0.15, 0.2) is 66.1 Å². The Balaban J connectivity index is 1.46. The van der Waals surface area contributed by atoms with Gasteiger partial charge in [0.1, 0.15) is 33.8 Å². The average Bonchev–Trinajstić information content (AvgIpc) is 3.24. The van der Waals surface area contributed by atoms with E-state index in [0.29, 0.717) is 43.8 Å². The van der Waals surface area contributed by atoms with E-state index in [0.717, 1.165) is 29.7 Å². The molecule has 0 aliphatic carbocycles. The maximum atomic E-state index is 13.1. The van der Waals surface area contributed by atoms with Crippen LogP contribution in [-0.2, 0) is 0 Å². The van der Waals surface area contributed by atoms with Gasteiger partial charge in [-0.3, -0.25) is 0 Å². The van der Waals surface area contributed by atoms with Gasteiger partial charge in [0.15, 0.2) is 0 Å². The van der Waals surface area contributed by atoms with Crippen LogP contribution < -0.4 is 19.9 Å². The Morgan fingerprint density at radius 1 is 1.13 bits per heavy atom. The Morgan fingerprint density at radius 2 is 1.95 bits per heavy atom. The van der Waals surface area contributed by atoms with E-state index in [-0.39, 0.29) is 27.1 Å². The minimum atomic E-state index is -0.654. The standard InChI is InChI=1S/C29H21Cl3N2O4S/c1-2-3-9-36-17-6-4-5-15(10-17)24-19-8-7-18(13-22(19)38-28(34)20(24)14-33)37-29(35)27-26(32)25-21(31)11-16(30)12-23(25)39-27/h4-8,10-13,24H,2-3,9,34H2,1H3. The predicted octanol–water partition coefficient (Wildman–Crippen LogP) is 8.48. The van der Waals surface area contributed by atoms with E-state index >= 15 is 0 Å². The molecule has 0 amide bonds. The Labute approximate surface area is 244 Å². The summed E-state index contributed by atoms with van der Waals surface area (Å²) in [6.07, 6.45) is 1.96. The van der Waals surface area contributed by atoms with Crippen molar-refractivity contribution in [3.63, 3.8) is 0 Å². The molecule has 2 N–H and O–H groups in total. The van der Waals surface area contributed by atoms with Gasteiger partial charge in [-0.2, -0.15) is 5.26 Å². The number of thiophene rings is 1. The zero-order valence-corrected chi connectivity index (χ0v) is 23.7. The van der Waals surface area contributed by atoms with Crippen molar-refractivity contribution in [3.05, 3.63) is 97.1 Å². The smallest absolute Gasteiger partial charge is 0.355 e. The second-order valence-electron chi connectivity index (χ2n) is 8.79. The number of allylic oxidation sites excluding steroid dienone is 1. The lowest BCUT2D eigenvalue weighted by Gasteiger charge is -2.27. The van der Waals surface area contributed by atoms with Crippen LogP contribution in [0.3, 0.4) is 0 Å². The van der Waals surface area contributed by atoms with Crippen molar-refractivity contribution in [2.24, 2.45) is 5.73 Å². The minimum absolute atomic E-state index is 0.0187. The Bertz CT molecular complexity index is 1680. The molecule has 4 aromatic rings. The molecule has 0 spiro atoms. The zero-order chi connectivity index (χ0) is 27.7. The number of nitrogens with zero attached hydrogens (tertiary/aromatic N) is 1. The molecule has 3 aromatic carbocycles. The van der Waals surface area contributed by atoms with E-state index in [1.807, 2.05) is 24.3 Å². The molecule has 1 aliphatic heterocycles. The fraction of sp³-hybridized carbons (Fsp3) is 0.172. The highest BCUT2D eigenvalue weighted by Gasteiger charge is 2.31. The van der Waals surface area contributed by atoms with E-state index in [2.05, 4.69) is 13.0 Å². The molecule has 1 unspecified atom stereocenters. The van der Waals surface area contributed by atoms with Crippen molar-refractivity contribution in [2.45, 2.75) is 25.7 Å². The van der Waals surface area contributed by atoms with Gasteiger partial charge >= 0.3 is 5.97 Å². The largest absolute Gasteiger partial charge is 0.494 e. The Hall–Kier alpha value is -3.41. The lowest BCUT2D eigenvalue weighted by atomic mass is 9.83. The van der Waals surface area contributed by atoms with E-state index in [9.17, 15) is 10.1 Å². The number of esters is 1. The van der Waals surface area contributed by atoms with Crippen LogP contribution in [0.1, 0.15) is 46.5 Å². The number of nitriles is 1. The summed E-state index contributed by atoms with van der Waals surface area (Å²) < 4.78 is 18.0. The molecule has 198 valence electrons. The molecule has 0 radical (unpaired) electrons. The summed E-state index contributed by atoms with van der Waals surface area (Å²) >= 11 is 20.0. The lowest BCUT2D eigenvalue weighted by molar-refractivity contribution is 0.0740. The number of nitrogens with two attached hydrogens (primary N) is 1. The molecule has 0 fully saturated rings. The molecular weight excluding hydrogens is 579 g/mol. The number of carbonyl (C=O) groups is 1. The predicted molar refractivity (Wildman–Crippen MR) is 154 cm³/mol. The van der Waals surface area contributed by atoms with E-state index in [1.165, 1.54) is 0 Å². The van der Waals surface area contributed by atoms with E-state index in [1.54, 1.807) is 30.3 Å². The Kier molecular flexibility index (Phi) is 7.92. The number of hydrogen-bond acceptors (Lipinski definition) is 7. The number of halogens is 3. The third kappa shape index (κ3) is 5.39. The fourth-order valence-electron chi connectivity index (χ4n) is 4.36. The summed E-state index contributed by atoms with van der Waals surface area (Å²) in [6, 6.07) is 17.9. The van der Waals surface area contributed by atoms with Gasteiger partial charge in [0.2, 0.25) is 5.88 Å². The fourth-order valence-corrected chi connectivity index (χ4v) is 6.60. The minimum Gasteiger partial charge on any atom is -0.494 e. The number of benzene rings is 3. The third-order valence-corrected chi connectivity index (χ3v) is 8.32. The first-order valence-corrected chi connectivity index (χ1v) is 14.0. The zero-order valence-electron chi connectivity index (χ0n) is 20.6. The van der Waals surface area contributed by atoms with Gasteiger partial charge in [-0.05, 0) is 42.3 Å². The van der Waals surface area contributed by atoms with E-state index in [4.69, 9.17) is 54.7 Å². The molecule has 2 heterocycles. The van der Waals surface area contributed by atoms with Crippen LogP contribution in [0.25, 0.3) is 10.1 Å². The van der Waals surface area contributed by atoms with Gasteiger partial charge in [0.05, 0.1) is 22.6 Å². The number of hydrogen-bond donors (Lipinski definition) is 1. The average molecular weight is 600 g/mol. The Morgan fingerprint density at radius 3 is 2.72 bits per heavy atom. The number of rotatable bonds is 7. The summed E-state index contributed by atoms with van der Waals surface area (Å²) in [7, 11) is 0. The third-order valence-electron chi connectivity index (χ3n) is 6.19. The molecule has 5 rings (SSSR count). The van der Waals surface area contributed by atoms with Crippen molar-refractivity contribution >= 4 is 62.2 Å². The first-order chi connectivity index (χ1) is 18.8. The molecule has 6 nitrogen and oxygen atoms in total. The first kappa shape index (κ1) is 27.2. The number of fused-ring (bicyclic) bond motifs is 2. The molecule has 0 saturated carbocycles. The number of carbonyl (C=O) groups excluding carboxylic acids is 1. The lowest BCUT2D eigenvalue weighted by Crippen LogP contribution is -2.21. The monoisotopic (exact) mass is 598 g/mol. The highest BCUT2D eigenvalue weighted by atomic mass is 35.5. The van der Waals surface area contributed by atoms with E-state index < -0.39 is 11.9 Å². The summed E-state index contributed by atoms with van der Waals surface area (Å²) in [6.45, 7) is 2.70. The number of unbranched alkanes of at least 4 members (excludes halogenated alkanes) is 1. The topological polar surface area (TPSA) is 94.6 Å². The van der Waals surface area contributed by atoms with Crippen molar-refractivity contribution in [2.75, 3.05) is 6.61 Å². The van der Waals surface area contributed by atoms with Crippen LogP contribution in [-0.4, -0.2) is 12.6 Å². The van der Waals surface area contributed by atoms with Crippen LogP contribution in [0, 0.1) is 11.3 Å². The number of ether oxygens (including phenoxy) is 3. The summed E-state index contributed by atoms with van der Waals surface area (Å²) in [4.78, 5) is 13.3. The molecule has 39 heavy (non-hydrogen) atoms. The second-order valence-corrected chi connectivity index (χ2v) is 11.1.